The van der Waals surface area contributed by atoms with Crippen LogP contribution in [0.2, 0.25) is 0 Å². The van der Waals surface area contributed by atoms with E-state index in [9.17, 15) is 9.59 Å². The summed E-state index contributed by atoms with van der Waals surface area (Å²) in [6, 6.07) is 25.0. The fraction of sp³-hybridized carbons (Fsp3) is 0.214. The Morgan fingerprint density at radius 1 is 0.839 bits per heavy atom. The number of Topliss-reactive ketones (excluding diaryl/α,β-unsaturated/α-hetero) is 1. The molecule has 0 saturated carbocycles. The number of hydrogen-bond donors (Lipinski definition) is 0. The Balaban J connectivity index is 2.07. The van der Waals surface area contributed by atoms with Gasteiger partial charge >= 0.3 is 5.97 Å². The Hall–Kier alpha value is -3.46. The summed E-state index contributed by atoms with van der Waals surface area (Å²) in [7, 11) is 0. The van der Waals surface area contributed by atoms with Crippen LogP contribution in [0.15, 0.2) is 84.9 Å². The molecule has 3 aromatic carbocycles. The van der Waals surface area contributed by atoms with Gasteiger partial charge < -0.3 is 4.74 Å². The van der Waals surface area contributed by atoms with E-state index in [0.717, 1.165) is 16.7 Å². The number of rotatable bonds is 8. The minimum Gasteiger partial charge on any atom is -0.465 e. The highest BCUT2D eigenvalue weighted by atomic mass is 16.5. The van der Waals surface area contributed by atoms with Crippen molar-refractivity contribution in [2.24, 2.45) is 5.92 Å². The van der Waals surface area contributed by atoms with E-state index < -0.39 is 17.8 Å². The van der Waals surface area contributed by atoms with Gasteiger partial charge in [-0.2, -0.15) is 0 Å². The highest BCUT2D eigenvalue weighted by molar-refractivity contribution is 6.09. The Bertz CT molecular complexity index is 1030. The number of hydrogen-bond acceptors (Lipinski definition) is 3. The average molecular weight is 413 g/mol. The van der Waals surface area contributed by atoms with Gasteiger partial charge in [0, 0.05) is 11.5 Å². The van der Waals surface area contributed by atoms with E-state index in [4.69, 9.17) is 4.74 Å². The topological polar surface area (TPSA) is 43.4 Å². The second-order valence-electron chi connectivity index (χ2n) is 7.67. The molecule has 0 saturated heterocycles. The van der Waals surface area contributed by atoms with Crippen molar-refractivity contribution >= 4 is 17.8 Å². The van der Waals surface area contributed by atoms with Crippen LogP contribution in [0, 0.1) is 19.8 Å². The van der Waals surface area contributed by atoms with E-state index in [1.165, 1.54) is 5.56 Å². The van der Waals surface area contributed by atoms with E-state index in [0.29, 0.717) is 5.56 Å². The van der Waals surface area contributed by atoms with Gasteiger partial charge in [-0.3, -0.25) is 9.59 Å². The van der Waals surface area contributed by atoms with Crippen LogP contribution >= 0.6 is 0 Å². The Morgan fingerprint density at radius 3 is 2.00 bits per heavy atom. The van der Waals surface area contributed by atoms with Gasteiger partial charge in [0.15, 0.2) is 5.78 Å². The Kier molecular flexibility index (Phi) is 7.55. The highest BCUT2D eigenvalue weighted by Crippen LogP contribution is 2.31. The summed E-state index contributed by atoms with van der Waals surface area (Å²) in [5.41, 5.74) is 4.71. The molecule has 0 radical (unpaired) electrons. The molecule has 3 nitrogen and oxygen atoms in total. The van der Waals surface area contributed by atoms with Gasteiger partial charge in [-0.05, 0) is 31.9 Å². The fourth-order valence-electron chi connectivity index (χ4n) is 3.53. The molecule has 2 atom stereocenters. The Labute approximate surface area is 184 Å². The van der Waals surface area contributed by atoms with Crippen molar-refractivity contribution in [3.05, 3.63) is 113 Å². The number of esters is 1. The van der Waals surface area contributed by atoms with E-state index in [1.807, 2.05) is 80.6 Å². The first-order chi connectivity index (χ1) is 15.0. The maximum atomic E-state index is 13.5. The molecule has 2 unspecified atom stereocenters. The molecular weight excluding hydrogens is 384 g/mol. The molecule has 0 heterocycles. The molecule has 3 heteroatoms. The zero-order valence-corrected chi connectivity index (χ0v) is 18.2. The number of carbonyl (C=O) groups excluding carboxylic acids is 2. The van der Waals surface area contributed by atoms with Gasteiger partial charge in [0.1, 0.15) is 5.92 Å². The molecule has 0 N–H and O–H groups in total. The first kappa shape index (κ1) is 22.2. The van der Waals surface area contributed by atoms with Crippen molar-refractivity contribution in [3.8, 4) is 0 Å². The average Bonchev–Trinajstić information content (AvgIpc) is 2.79. The first-order valence-corrected chi connectivity index (χ1v) is 10.6. The summed E-state index contributed by atoms with van der Waals surface area (Å²) in [6.45, 7) is 6.03. The summed E-state index contributed by atoms with van der Waals surface area (Å²) >= 11 is 0. The third-order valence-corrected chi connectivity index (χ3v) is 5.28. The van der Waals surface area contributed by atoms with Crippen molar-refractivity contribution in [1.82, 2.24) is 0 Å². The SMILES string of the molecule is CCOC(=O)C(C(=O)c1ccccc1)C(/C=C/c1ccc(C)cc1)c1ccc(C)cc1. The largest absolute Gasteiger partial charge is 0.465 e. The second kappa shape index (κ2) is 10.5. The van der Waals surface area contributed by atoms with Crippen molar-refractivity contribution in [3.63, 3.8) is 0 Å². The number of benzene rings is 3. The van der Waals surface area contributed by atoms with Gasteiger partial charge in [-0.15, -0.1) is 0 Å². The van der Waals surface area contributed by atoms with Crippen molar-refractivity contribution in [2.45, 2.75) is 26.7 Å². The number of ether oxygens (including phenoxy) is 1. The van der Waals surface area contributed by atoms with E-state index >= 15 is 0 Å². The van der Waals surface area contributed by atoms with Crippen LogP contribution in [0.4, 0.5) is 0 Å². The van der Waals surface area contributed by atoms with Crippen LogP contribution in [0.5, 0.6) is 0 Å². The fourth-order valence-corrected chi connectivity index (χ4v) is 3.53. The lowest BCUT2D eigenvalue weighted by Gasteiger charge is -2.23. The maximum Gasteiger partial charge on any atom is 0.317 e. The lowest BCUT2D eigenvalue weighted by molar-refractivity contribution is -0.146. The monoisotopic (exact) mass is 412 g/mol. The van der Waals surface area contributed by atoms with Crippen LogP contribution in [0.1, 0.15) is 45.5 Å². The summed E-state index contributed by atoms with van der Waals surface area (Å²) < 4.78 is 5.35. The zero-order chi connectivity index (χ0) is 22.2. The van der Waals surface area contributed by atoms with Crippen LogP contribution in [-0.4, -0.2) is 18.4 Å². The van der Waals surface area contributed by atoms with Crippen molar-refractivity contribution in [2.75, 3.05) is 6.61 Å². The number of carbonyl (C=O) groups is 2. The van der Waals surface area contributed by atoms with Gasteiger partial charge in [-0.25, -0.2) is 0 Å². The minimum atomic E-state index is -0.966. The quantitative estimate of drug-likeness (QED) is 0.253. The number of aryl methyl sites for hydroxylation is 2. The van der Waals surface area contributed by atoms with E-state index in [2.05, 4.69) is 0 Å². The molecule has 0 aliphatic heterocycles. The molecule has 0 aromatic heterocycles. The number of ketones is 1. The van der Waals surface area contributed by atoms with Gasteiger partial charge in [-0.1, -0.05) is 102 Å². The third kappa shape index (κ3) is 5.79. The van der Waals surface area contributed by atoms with Crippen LogP contribution in [-0.2, 0) is 9.53 Å². The molecule has 31 heavy (non-hydrogen) atoms. The summed E-state index contributed by atoms with van der Waals surface area (Å²) in [4.78, 5) is 26.5. The second-order valence-corrected chi connectivity index (χ2v) is 7.67. The molecule has 0 fully saturated rings. The minimum absolute atomic E-state index is 0.222. The molecular formula is C28H28O3. The summed E-state index contributed by atoms with van der Waals surface area (Å²) in [5.74, 6) is -2.16. The van der Waals surface area contributed by atoms with Crippen LogP contribution < -0.4 is 0 Å². The molecule has 0 aliphatic carbocycles. The van der Waals surface area contributed by atoms with Gasteiger partial charge in [0.2, 0.25) is 0 Å². The molecule has 0 bridgehead atoms. The van der Waals surface area contributed by atoms with Gasteiger partial charge in [0.05, 0.1) is 6.61 Å². The molecule has 158 valence electrons. The number of allylic oxidation sites excluding steroid dienone is 1. The van der Waals surface area contributed by atoms with Crippen molar-refractivity contribution < 1.29 is 14.3 Å². The predicted molar refractivity (Wildman–Crippen MR) is 125 cm³/mol. The van der Waals surface area contributed by atoms with Crippen LogP contribution in [0.25, 0.3) is 6.08 Å². The first-order valence-electron chi connectivity index (χ1n) is 10.6. The van der Waals surface area contributed by atoms with E-state index in [-0.39, 0.29) is 12.4 Å². The summed E-state index contributed by atoms with van der Waals surface area (Å²) in [6.07, 6.45) is 3.91. The molecule has 0 spiro atoms. The third-order valence-electron chi connectivity index (χ3n) is 5.28. The van der Waals surface area contributed by atoms with Crippen LogP contribution in [0.3, 0.4) is 0 Å². The van der Waals surface area contributed by atoms with Crippen molar-refractivity contribution in [1.29, 1.82) is 0 Å². The van der Waals surface area contributed by atoms with Gasteiger partial charge in [0.25, 0.3) is 0 Å². The predicted octanol–water partition coefficient (Wildman–Crippen LogP) is 6.16. The standard InChI is InChI=1S/C28H28O3/c1-4-31-28(30)26(27(29)24-8-6-5-7-9-24)25(23-17-12-21(3)13-18-23)19-16-22-14-10-20(2)11-15-22/h5-19,25-26H,4H2,1-3H3/b19-16+. The molecule has 3 aromatic rings. The molecule has 3 rings (SSSR count). The molecule has 0 amide bonds. The lowest BCUT2D eigenvalue weighted by atomic mass is 9.80. The normalized spacial score (nSPS) is 13.0. The molecule has 0 aliphatic rings. The summed E-state index contributed by atoms with van der Waals surface area (Å²) in [5, 5.41) is 0. The maximum absolute atomic E-state index is 13.5. The Morgan fingerprint density at radius 2 is 1.42 bits per heavy atom. The lowest BCUT2D eigenvalue weighted by Crippen LogP contribution is -2.31. The smallest absolute Gasteiger partial charge is 0.317 e. The van der Waals surface area contributed by atoms with E-state index in [1.54, 1.807) is 31.2 Å². The zero-order valence-electron chi connectivity index (χ0n) is 18.2. The highest BCUT2D eigenvalue weighted by Gasteiger charge is 2.36.